The molecule has 1 atom stereocenters. The van der Waals surface area contributed by atoms with Gasteiger partial charge in [0.15, 0.2) is 6.04 Å². The number of amides is 4. The molecule has 0 bridgehead atoms. The summed E-state index contributed by atoms with van der Waals surface area (Å²) in [6.45, 7) is 4.85. The lowest BCUT2D eigenvalue weighted by Crippen LogP contribution is -2.50. The Morgan fingerprint density at radius 1 is 1.14 bits per heavy atom. The number of hydrogen-bond acceptors (Lipinski definition) is 4. The molecule has 1 aromatic carbocycles. The number of nitrogens with one attached hydrogen (secondary N) is 1. The maximum atomic E-state index is 12.6. The van der Waals surface area contributed by atoms with Crippen LogP contribution in [0.2, 0.25) is 0 Å². The molecule has 0 aliphatic carbocycles. The predicted octanol–water partition coefficient (Wildman–Crippen LogP) is 1.11. The van der Waals surface area contributed by atoms with Crippen LogP contribution in [0.25, 0.3) is 0 Å². The maximum absolute atomic E-state index is 12.6. The van der Waals surface area contributed by atoms with Crippen LogP contribution in [0.1, 0.15) is 20.8 Å². The molecule has 22 heavy (non-hydrogen) atoms. The molecule has 1 fully saturated rings. The van der Waals surface area contributed by atoms with Gasteiger partial charge in [0.05, 0.1) is 11.4 Å². The van der Waals surface area contributed by atoms with E-state index in [0.717, 1.165) is 4.90 Å². The van der Waals surface area contributed by atoms with Crippen molar-refractivity contribution in [2.75, 3.05) is 5.01 Å². The minimum atomic E-state index is -1.02. The average molecular weight is 300 g/mol. The zero-order chi connectivity index (χ0) is 16.1. The standard InChI is InChI=1S/C15H16N4O3/c1-9-11(18-13(21)15(2,3)16-14(18)22)12(20)19(17-9)10-7-5-4-6-8-10/h4-8,11H,1-3H3,(H,16,22). The van der Waals surface area contributed by atoms with Crippen LogP contribution in [0.15, 0.2) is 35.4 Å². The van der Waals surface area contributed by atoms with Crippen LogP contribution >= 0.6 is 0 Å². The SMILES string of the molecule is CC1=NN(c2ccccc2)C(=O)C1N1C(=O)NC(C)(C)C1=O. The maximum Gasteiger partial charge on any atom is 0.326 e. The van der Waals surface area contributed by atoms with Crippen molar-refractivity contribution in [3.63, 3.8) is 0 Å². The van der Waals surface area contributed by atoms with E-state index in [1.807, 2.05) is 6.07 Å². The molecular formula is C15H16N4O3. The molecule has 1 aromatic rings. The van der Waals surface area contributed by atoms with Crippen LogP contribution in [0.3, 0.4) is 0 Å². The van der Waals surface area contributed by atoms with Gasteiger partial charge in [-0.25, -0.2) is 9.69 Å². The number of urea groups is 1. The van der Waals surface area contributed by atoms with E-state index in [4.69, 9.17) is 0 Å². The van der Waals surface area contributed by atoms with Crippen LogP contribution in [0.5, 0.6) is 0 Å². The van der Waals surface area contributed by atoms with E-state index in [1.165, 1.54) is 5.01 Å². The van der Waals surface area contributed by atoms with E-state index in [0.29, 0.717) is 11.4 Å². The fourth-order valence-corrected chi connectivity index (χ4v) is 2.62. The fraction of sp³-hybridized carbons (Fsp3) is 0.333. The van der Waals surface area contributed by atoms with Gasteiger partial charge in [-0.15, -0.1) is 0 Å². The molecule has 2 aliphatic rings. The molecule has 2 heterocycles. The topological polar surface area (TPSA) is 82.1 Å². The van der Waals surface area contributed by atoms with Gasteiger partial charge < -0.3 is 5.32 Å². The Kier molecular flexibility index (Phi) is 3.01. The van der Waals surface area contributed by atoms with Crippen molar-refractivity contribution in [3.8, 4) is 0 Å². The second-order valence-corrected chi connectivity index (χ2v) is 5.86. The predicted molar refractivity (Wildman–Crippen MR) is 80.3 cm³/mol. The number of carbonyl (C=O) groups excluding carboxylic acids is 3. The first kappa shape index (κ1) is 14.2. The van der Waals surface area contributed by atoms with E-state index in [2.05, 4.69) is 10.4 Å². The highest BCUT2D eigenvalue weighted by atomic mass is 16.2. The number of para-hydroxylation sites is 1. The van der Waals surface area contributed by atoms with E-state index in [9.17, 15) is 14.4 Å². The summed E-state index contributed by atoms with van der Waals surface area (Å²) in [5.41, 5.74) is -0.00614. The molecule has 0 spiro atoms. The van der Waals surface area contributed by atoms with Crippen molar-refractivity contribution in [1.29, 1.82) is 0 Å². The van der Waals surface area contributed by atoms with E-state index >= 15 is 0 Å². The Balaban J connectivity index is 1.94. The van der Waals surface area contributed by atoms with Crippen molar-refractivity contribution in [1.82, 2.24) is 10.2 Å². The lowest BCUT2D eigenvalue weighted by atomic mass is 10.0. The Bertz CT molecular complexity index is 696. The Labute approximate surface area is 127 Å². The van der Waals surface area contributed by atoms with Gasteiger partial charge in [-0.05, 0) is 32.9 Å². The first-order valence-electron chi connectivity index (χ1n) is 6.93. The Hall–Kier alpha value is -2.70. The number of anilines is 1. The summed E-state index contributed by atoms with van der Waals surface area (Å²) >= 11 is 0. The summed E-state index contributed by atoms with van der Waals surface area (Å²) in [6.07, 6.45) is 0. The van der Waals surface area contributed by atoms with Crippen LogP contribution in [-0.4, -0.2) is 40.0 Å². The first-order chi connectivity index (χ1) is 10.3. The van der Waals surface area contributed by atoms with Gasteiger partial charge in [-0.2, -0.15) is 10.1 Å². The lowest BCUT2D eigenvalue weighted by molar-refractivity contribution is -0.134. The molecule has 1 saturated heterocycles. The number of nitrogens with zero attached hydrogens (tertiary/aromatic N) is 3. The van der Waals surface area contributed by atoms with Crippen LogP contribution in [0, 0.1) is 0 Å². The molecule has 4 amide bonds. The molecule has 0 radical (unpaired) electrons. The van der Waals surface area contributed by atoms with Gasteiger partial charge in [-0.1, -0.05) is 18.2 Å². The van der Waals surface area contributed by atoms with Crippen molar-refractivity contribution in [3.05, 3.63) is 30.3 Å². The smallest absolute Gasteiger partial charge is 0.324 e. The van der Waals surface area contributed by atoms with Crippen molar-refractivity contribution >= 4 is 29.2 Å². The van der Waals surface area contributed by atoms with E-state index in [1.54, 1.807) is 45.0 Å². The highest BCUT2D eigenvalue weighted by Gasteiger charge is 2.52. The highest BCUT2D eigenvalue weighted by Crippen LogP contribution is 2.27. The van der Waals surface area contributed by atoms with E-state index in [-0.39, 0.29) is 0 Å². The Morgan fingerprint density at radius 2 is 1.77 bits per heavy atom. The van der Waals surface area contributed by atoms with Crippen molar-refractivity contribution in [2.45, 2.75) is 32.4 Å². The first-order valence-corrected chi connectivity index (χ1v) is 6.93. The van der Waals surface area contributed by atoms with Gasteiger partial charge in [0.2, 0.25) is 0 Å². The molecule has 0 aromatic heterocycles. The minimum absolute atomic E-state index is 0.412. The van der Waals surface area contributed by atoms with Gasteiger partial charge in [0.25, 0.3) is 11.8 Å². The number of benzene rings is 1. The number of hydrogen-bond donors (Lipinski definition) is 1. The fourth-order valence-electron chi connectivity index (χ4n) is 2.62. The van der Waals surface area contributed by atoms with Crippen LogP contribution < -0.4 is 10.3 Å². The third kappa shape index (κ3) is 1.97. The monoisotopic (exact) mass is 300 g/mol. The Morgan fingerprint density at radius 3 is 2.32 bits per heavy atom. The van der Waals surface area contributed by atoms with Crippen molar-refractivity contribution in [2.24, 2.45) is 5.10 Å². The number of rotatable bonds is 2. The second kappa shape index (κ2) is 4.66. The zero-order valence-electron chi connectivity index (χ0n) is 12.5. The van der Waals surface area contributed by atoms with Gasteiger partial charge in [0, 0.05) is 0 Å². The molecule has 3 rings (SSSR count). The number of hydrazone groups is 1. The number of carbonyl (C=O) groups is 3. The molecule has 2 aliphatic heterocycles. The number of imide groups is 1. The molecule has 114 valence electrons. The second-order valence-electron chi connectivity index (χ2n) is 5.86. The normalized spacial score (nSPS) is 23.9. The molecule has 0 saturated carbocycles. The average Bonchev–Trinajstić information content (AvgIpc) is 2.86. The largest absolute Gasteiger partial charge is 0.326 e. The summed E-state index contributed by atoms with van der Waals surface area (Å²) < 4.78 is 0. The molecular weight excluding hydrogens is 284 g/mol. The molecule has 7 nitrogen and oxygen atoms in total. The molecule has 1 unspecified atom stereocenters. The summed E-state index contributed by atoms with van der Waals surface area (Å²) in [4.78, 5) is 38.1. The lowest BCUT2D eigenvalue weighted by Gasteiger charge is -2.21. The van der Waals surface area contributed by atoms with Crippen molar-refractivity contribution < 1.29 is 14.4 Å². The minimum Gasteiger partial charge on any atom is -0.324 e. The van der Waals surface area contributed by atoms with E-state index < -0.39 is 29.4 Å². The van der Waals surface area contributed by atoms with Crippen LogP contribution in [-0.2, 0) is 9.59 Å². The van der Waals surface area contributed by atoms with Gasteiger partial charge in [0.1, 0.15) is 5.54 Å². The third-order valence-electron chi connectivity index (χ3n) is 3.75. The summed E-state index contributed by atoms with van der Waals surface area (Å²) in [7, 11) is 0. The summed E-state index contributed by atoms with van der Waals surface area (Å²) in [5, 5.41) is 8.01. The third-order valence-corrected chi connectivity index (χ3v) is 3.75. The summed E-state index contributed by atoms with van der Waals surface area (Å²) in [5.74, 6) is -0.842. The molecule has 7 heteroatoms. The van der Waals surface area contributed by atoms with Gasteiger partial charge >= 0.3 is 6.03 Å². The summed E-state index contributed by atoms with van der Waals surface area (Å²) in [6, 6.07) is 7.33. The quantitative estimate of drug-likeness (QED) is 0.831. The zero-order valence-corrected chi connectivity index (χ0v) is 12.5. The molecule has 1 N–H and O–H groups in total. The highest BCUT2D eigenvalue weighted by molar-refractivity contribution is 6.23. The van der Waals surface area contributed by atoms with Crippen LogP contribution in [0.4, 0.5) is 10.5 Å². The van der Waals surface area contributed by atoms with Gasteiger partial charge in [-0.3, -0.25) is 9.59 Å².